The Hall–Kier alpha value is -1.82. The molecule has 0 saturated heterocycles. The molecule has 0 aliphatic heterocycles. The second kappa shape index (κ2) is 9.47. The Labute approximate surface area is 141 Å². The summed E-state index contributed by atoms with van der Waals surface area (Å²) in [5, 5.41) is 3.37. The first-order valence-electron chi connectivity index (χ1n) is 7.89. The first-order chi connectivity index (χ1) is 11.6. The Balaban J connectivity index is 1.83. The van der Waals surface area contributed by atoms with Crippen molar-refractivity contribution in [1.29, 1.82) is 0 Å². The van der Waals surface area contributed by atoms with Gasteiger partial charge in [-0.15, -0.1) is 0 Å². The van der Waals surface area contributed by atoms with E-state index < -0.39 is 11.6 Å². The third kappa shape index (κ3) is 6.00. The lowest BCUT2D eigenvalue weighted by molar-refractivity contribution is 0.168. The minimum Gasteiger partial charge on any atom is -0.383 e. The van der Waals surface area contributed by atoms with Gasteiger partial charge in [0.1, 0.15) is 11.6 Å². The molecule has 24 heavy (non-hydrogen) atoms. The third-order valence-electron chi connectivity index (χ3n) is 3.71. The monoisotopic (exact) mass is 333 g/mol. The zero-order chi connectivity index (χ0) is 17.4. The molecule has 0 aliphatic carbocycles. The highest BCUT2D eigenvalue weighted by Crippen LogP contribution is 2.13. The molecule has 2 atom stereocenters. The summed E-state index contributed by atoms with van der Waals surface area (Å²) in [6.45, 7) is 1.12. The zero-order valence-electron chi connectivity index (χ0n) is 13.7. The van der Waals surface area contributed by atoms with Crippen molar-refractivity contribution in [3.05, 3.63) is 77.7 Å². The Morgan fingerprint density at radius 2 is 1.79 bits per heavy atom. The van der Waals surface area contributed by atoms with E-state index in [4.69, 9.17) is 10.5 Å². The molecule has 0 heterocycles. The van der Waals surface area contributed by atoms with Crippen LogP contribution in [0, 0.1) is 18.1 Å². The number of rotatable bonds is 9. The highest BCUT2D eigenvalue weighted by Gasteiger charge is 2.12. The van der Waals surface area contributed by atoms with E-state index in [1.54, 1.807) is 7.11 Å². The second-order valence-electron chi connectivity index (χ2n) is 5.71. The van der Waals surface area contributed by atoms with E-state index in [-0.39, 0.29) is 12.1 Å². The van der Waals surface area contributed by atoms with Gasteiger partial charge < -0.3 is 15.8 Å². The molecule has 2 aromatic rings. The molecule has 2 aromatic carbocycles. The second-order valence-corrected chi connectivity index (χ2v) is 5.71. The Morgan fingerprint density at radius 3 is 2.42 bits per heavy atom. The van der Waals surface area contributed by atoms with Crippen LogP contribution in [-0.2, 0) is 11.2 Å². The number of hydrogen-bond acceptors (Lipinski definition) is 3. The molecule has 0 aliphatic rings. The molecule has 3 N–H and O–H groups in total. The van der Waals surface area contributed by atoms with Gasteiger partial charge in [-0.05, 0) is 36.1 Å². The van der Waals surface area contributed by atoms with E-state index in [0.29, 0.717) is 25.1 Å². The van der Waals surface area contributed by atoms with Crippen LogP contribution in [0.3, 0.4) is 0 Å². The highest BCUT2D eigenvalue weighted by atomic mass is 19.1. The number of nitrogens with two attached hydrogens (primary N) is 1. The molecule has 0 unspecified atom stereocenters. The van der Waals surface area contributed by atoms with Crippen molar-refractivity contribution >= 4 is 0 Å². The van der Waals surface area contributed by atoms with Crippen molar-refractivity contribution in [1.82, 2.24) is 5.32 Å². The van der Waals surface area contributed by atoms with Gasteiger partial charge in [-0.1, -0.05) is 30.3 Å². The topological polar surface area (TPSA) is 47.3 Å². The lowest BCUT2D eigenvalue weighted by Crippen LogP contribution is -2.32. The molecule has 0 bridgehead atoms. The number of halogens is 2. The molecule has 2 rings (SSSR count). The van der Waals surface area contributed by atoms with E-state index in [9.17, 15) is 8.78 Å². The Kier molecular flexibility index (Phi) is 7.31. The van der Waals surface area contributed by atoms with Gasteiger partial charge in [-0.2, -0.15) is 0 Å². The van der Waals surface area contributed by atoms with Crippen LogP contribution in [0.2, 0.25) is 0 Å². The van der Waals surface area contributed by atoms with Gasteiger partial charge in [-0.25, -0.2) is 8.78 Å². The van der Waals surface area contributed by atoms with Crippen LogP contribution in [0.15, 0.2) is 48.5 Å². The summed E-state index contributed by atoms with van der Waals surface area (Å²) in [5.74, 6) is -1.17. The van der Waals surface area contributed by atoms with E-state index in [1.807, 2.05) is 36.8 Å². The first kappa shape index (κ1) is 18.5. The van der Waals surface area contributed by atoms with Crippen molar-refractivity contribution in [3.8, 4) is 0 Å². The normalized spacial score (nSPS) is 13.7. The number of benzene rings is 2. The molecule has 3 nitrogen and oxygen atoms in total. The average Bonchev–Trinajstić information content (AvgIpc) is 2.54. The minimum atomic E-state index is -0.584. The third-order valence-corrected chi connectivity index (χ3v) is 3.71. The lowest BCUT2D eigenvalue weighted by atomic mass is 10.0. The van der Waals surface area contributed by atoms with E-state index >= 15 is 0 Å². The van der Waals surface area contributed by atoms with Crippen LogP contribution in [0.4, 0.5) is 8.78 Å². The number of ether oxygens (including phenoxy) is 1. The van der Waals surface area contributed by atoms with Gasteiger partial charge in [0.25, 0.3) is 0 Å². The van der Waals surface area contributed by atoms with E-state index in [2.05, 4.69) is 5.32 Å². The van der Waals surface area contributed by atoms with Crippen LogP contribution in [0.5, 0.6) is 0 Å². The van der Waals surface area contributed by atoms with Crippen LogP contribution >= 0.6 is 0 Å². The fourth-order valence-corrected chi connectivity index (χ4v) is 2.57. The molecular formula is C19H23F2N2O. The summed E-state index contributed by atoms with van der Waals surface area (Å²) >= 11 is 0. The summed E-state index contributed by atoms with van der Waals surface area (Å²) in [5.41, 5.74) is 7.71. The number of methoxy groups -OCH3 is 1. The number of hydrogen-bond donors (Lipinski definition) is 2. The fourth-order valence-electron chi connectivity index (χ4n) is 2.57. The summed E-state index contributed by atoms with van der Waals surface area (Å²) in [6.07, 6.45) is 2.28. The molecule has 0 aromatic heterocycles. The predicted octanol–water partition coefficient (Wildman–Crippen LogP) is 3.02. The highest BCUT2D eigenvalue weighted by molar-refractivity contribution is 5.20. The smallest absolute Gasteiger partial charge is 0.126 e. The van der Waals surface area contributed by atoms with Gasteiger partial charge >= 0.3 is 0 Å². The summed E-state index contributed by atoms with van der Waals surface area (Å²) < 4.78 is 31.6. The van der Waals surface area contributed by atoms with Crippen molar-refractivity contribution < 1.29 is 13.5 Å². The fraction of sp³-hybridized carbons (Fsp3) is 0.316. The largest absolute Gasteiger partial charge is 0.383 e. The first-order valence-corrected chi connectivity index (χ1v) is 7.89. The standard InChI is InChI=1S/C19H23F2N2O/c1-24-13-19(15-5-3-2-4-6-15)23-8-7-18(22)11-14-9-16(20)12-17(21)10-14/h2-7,9-10,12,18-19,23H,8,11,13,22H2,1H3/t18-,19-/m1/s1. The van der Waals surface area contributed by atoms with Gasteiger partial charge in [0.2, 0.25) is 0 Å². The Bertz CT molecular complexity index is 602. The van der Waals surface area contributed by atoms with Crippen LogP contribution in [0.25, 0.3) is 0 Å². The Morgan fingerprint density at radius 1 is 1.12 bits per heavy atom. The lowest BCUT2D eigenvalue weighted by Gasteiger charge is -2.20. The summed E-state index contributed by atoms with van der Waals surface area (Å²) in [7, 11) is 1.66. The van der Waals surface area contributed by atoms with Crippen molar-refractivity contribution in [2.24, 2.45) is 5.73 Å². The molecule has 0 amide bonds. The molecule has 0 fully saturated rings. The maximum Gasteiger partial charge on any atom is 0.126 e. The van der Waals surface area contributed by atoms with Crippen molar-refractivity contribution in [3.63, 3.8) is 0 Å². The quantitative estimate of drug-likeness (QED) is 0.741. The van der Waals surface area contributed by atoms with Gasteiger partial charge in [0.05, 0.1) is 12.6 Å². The molecule has 129 valence electrons. The summed E-state index contributed by atoms with van der Waals surface area (Å²) in [4.78, 5) is 0. The molecule has 0 saturated carbocycles. The van der Waals surface area contributed by atoms with Crippen molar-refractivity contribution in [2.75, 3.05) is 20.3 Å². The SMILES string of the molecule is COC[C@@H](NC[CH][C@@H](N)Cc1cc(F)cc(F)c1)c1ccccc1. The van der Waals surface area contributed by atoms with Gasteiger partial charge in [0.15, 0.2) is 0 Å². The maximum absolute atomic E-state index is 13.2. The summed E-state index contributed by atoms with van der Waals surface area (Å²) in [6, 6.07) is 13.2. The minimum absolute atomic E-state index is 0.0614. The molecule has 0 spiro atoms. The van der Waals surface area contributed by atoms with Crippen LogP contribution < -0.4 is 11.1 Å². The van der Waals surface area contributed by atoms with E-state index in [1.165, 1.54) is 12.1 Å². The maximum atomic E-state index is 13.2. The average molecular weight is 333 g/mol. The van der Waals surface area contributed by atoms with Crippen LogP contribution in [0.1, 0.15) is 17.2 Å². The van der Waals surface area contributed by atoms with Crippen LogP contribution in [-0.4, -0.2) is 26.3 Å². The molecule has 5 heteroatoms. The van der Waals surface area contributed by atoms with Gasteiger partial charge in [0, 0.05) is 25.8 Å². The van der Waals surface area contributed by atoms with Gasteiger partial charge in [-0.3, -0.25) is 0 Å². The van der Waals surface area contributed by atoms with E-state index in [0.717, 1.165) is 11.6 Å². The molecule has 1 radical (unpaired) electrons. The zero-order valence-corrected chi connectivity index (χ0v) is 13.7. The predicted molar refractivity (Wildman–Crippen MR) is 91.4 cm³/mol. The van der Waals surface area contributed by atoms with Crippen molar-refractivity contribution in [2.45, 2.75) is 18.5 Å². The number of nitrogens with one attached hydrogen (secondary N) is 1. The molecular weight excluding hydrogens is 310 g/mol.